The summed E-state index contributed by atoms with van der Waals surface area (Å²) in [7, 11) is 0. The van der Waals surface area contributed by atoms with Gasteiger partial charge in [0.15, 0.2) is 0 Å². The zero-order valence-corrected chi connectivity index (χ0v) is 18.5. The maximum atomic E-state index is 12.6. The molecule has 1 N–H and O–H groups in total. The number of nitrogens with zero attached hydrogens (tertiary/aromatic N) is 1. The number of amides is 2. The molecule has 1 saturated heterocycles. The van der Waals surface area contributed by atoms with E-state index in [9.17, 15) is 9.59 Å². The molecule has 2 aromatic rings. The number of anilines is 2. The van der Waals surface area contributed by atoms with Crippen LogP contribution in [0.5, 0.6) is 0 Å². The van der Waals surface area contributed by atoms with Gasteiger partial charge in [-0.2, -0.15) is 0 Å². The Balaban J connectivity index is 1.75. The Labute approximate surface area is 178 Å². The molecule has 1 aliphatic heterocycles. The molecule has 0 aliphatic carbocycles. The molecule has 2 amide bonds. The topological polar surface area (TPSA) is 49.4 Å². The van der Waals surface area contributed by atoms with Crippen LogP contribution in [0, 0.1) is 0 Å². The molecule has 1 fully saturated rings. The smallest absolute Gasteiger partial charge is 0.238 e. The molecule has 5 heteroatoms. The fourth-order valence-electron chi connectivity index (χ4n) is 3.36. The van der Waals surface area contributed by atoms with Gasteiger partial charge in [-0.05, 0) is 47.2 Å². The summed E-state index contributed by atoms with van der Waals surface area (Å²) in [6.45, 7) is 8.63. The Kier molecular flexibility index (Phi) is 6.68. The fraction of sp³-hybridized carbons (Fsp3) is 0.417. The lowest BCUT2D eigenvalue weighted by Gasteiger charge is -2.26. The number of hydrogen-bond donors (Lipinski definition) is 1. The predicted octanol–water partition coefficient (Wildman–Crippen LogP) is 5.89. The van der Waals surface area contributed by atoms with Crippen molar-refractivity contribution in [3.63, 3.8) is 0 Å². The van der Waals surface area contributed by atoms with Crippen molar-refractivity contribution in [2.75, 3.05) is 16.0 Å². The van der Waals surface area contributed by atoms with Crippen LogP contribution in [0.2, 0.25) is 0 Å². The normalized spacial score (nSPS) is 16.9. The summed E-state index contributed by atoms with van der Waals surface area (Å²) < 4.78 is 0. The molecule has 4 nitrogen and oxygen atoms in total. The molecule has 1 heterocycles. The van der Waals surface area contributed by atoms with Crippen molar-refractivity contribution in [3.05, 3.63) is 59.7 Å². The van der Waals surface area contributed by atoms with Gasteiger partial charge in [0, 0.05) is 17.8 Å². The maximum Gasteiger partial charge on any atom is 0.238 e. The number of nitrogens with one attached hydrogen (secondary N) is 1. The highest BCUT2D eigenvalue weighted by Gasteiger charge is 2.34. The van der Waals surface area contributed by atoms with Gasteiger partial charge in [0.2, 0.25) is 11.8 Å². The molecule has 0 bridgehead atoms. The van der Waals surface area contributed by atoms with Crippen molar-refractivity contribution >= 4 is 35.0 Å². The third-order valence-corrected chi connectivity index (χ3v) is 6.33. The third kappa shape index (κ3) is 5.21. The van der Waals surface area contributed by atoms with E-state index in [2.05, 4.69) is 45.1 Å². The third-order valence-electron chi connectivity index (χ3n) is 5.12. The van der Waals surface area contributed by atoms with Crippen LogP contribution in [0.1, 0.15) is 63.5 Å². The fourth-order valence-corrected chi connectivity index (χ4v) is 4.54. The Bertz CT molecular complexity index is 854. The average molecular weight is 411 g/mol. The van der Waals surface area contributed by atoms with E-state index in [1.807, 2.05) is 41.3 Å². The van der Waals surface area contributed by atoms with Gasteiger partial charge in [-0.3, -0.25) is 14.5 Å². The van der Waals surface area contributed by atoms with Gasteiger partial charge in [0.25, 0.3) is 0 Å². The summed E-state index contributed by atoms with van der Waals surface area (Å²) in [6, 6.07) is 16.1. The van der Waals surface area contributed by atoms with Crippen LogP contribution < -0.4 is 10.2 Å². The molecule has 0 spiro atoms. The highest BCUT2D eigenvalue weighted by molar-refractivity contribution is 8.00. The van der Waals surface area contributed by atoms with Gasteiger partial charge in [-0.25, -0.2) is 0 Å². The van der Waals surface area contributed by atoms with Gasteiger partial charge < -0.3 is 5.32 Å². The van der Waals surface area contributed by atoms with Crippen LogP contribution in [0.4, 0.5) is 11.4 Å². The zero-order chi connectivity index (χ0) is 21.0. The van der Waals surface area contributed by atoms with Crippen molar-refractivity contribution < 1.29 is 9.59 Å². The van der Waals surface area contributed by atoms with E-state index in [0.29, 0.717) is 12.2 Å². The van der Waals surface area contributed by atoms with E-state index in [1.54, 1.807) is 11.8 Å². The number of carbonyl (C=O) groups excluding carboxylic acids is 2. The Morgan fingerprint density at radius 3 is 2.34 bits per heavy atom. The average Bonchev–Trinajstić information content (AvgIpc) is 3.08. The molecule has 0 radical (unpaired) electrons. The number of rotatable bonds is 6. The Hall–Kier alpha value is -2.27. The highest BCUT2D eigenvalue weighted by atomic mass is 32.2. The molecule has 0 saturated carbocycles. The van der Waals surface area contributed by atoms with Crippen LogP contribution in [0.3, 0.4) is 0 Å². The van der Waals surface area contributed by atoms with E-state index < -0.39 is 0 Å². The van der Waals surface area contributed by atoms with E-state index in [0.717, 1.165) is 29.8 Å². The molecule has 3 rings (SSSR count). The minimum absolute atomic E-state index is 0.0468. The quantitative estimate of drug-likeness (QED) is 0.646. The molecule has 154 valence electrons. The van der Waals surface area contributed by atoms with E-state index >= 15 is 0 Å². The summed E-state index contributed by atoms with van der Waals surface area (Å²) in [5.41, 5.74) is 4.12. The number of carbonyl (C=O) groups is 2. The first-order chi connectivity index (χ1) is 13.8. The number of benzene rings is 2. The van der Waals surface area contributed by atoms with E-state index in [-0.39, 0.29) is 22.6 Å². The van der Waals surface area contributed by atoms with E-state index in [4.69, 9.17) is 0 Å². The largest absolute Gasteiger partial charge is 0.326 e. The van der Waals surface area contributed by atoms with Crippen molar-refractivity contribution in [2.45, 2.75) is 57.7 Å². The Morgan fingerprint density at radius 1 is 1.10 bits per heavy atom. The highest BCUT2D eigenvalue weighted by Crippen LogP contribution is 2.42. The van der Waals surface area contributed by atoms with Crippen LogP contribution in [-0.2, 0) is 15.0 Å². The van der Waals surface area contributed by atoms with Crippen molar-refractivity contribution in [1.29, 1.82) is 0 Å². The molecule has 1 aliphatic rings. The lowest BCUT2D eigenvalue weighted by Crippen LogP contribution is -2.28. The molecular weight excluding hydrogens is 380 g/mol. The van der Waals surface area contributed by atoms with Gasteiger partial charge in [0.05, 0.1) is 5.75 Å². The van der Waals surface area contributed by atoms with Gasteiger partial charge >= 0.3 is 0 Å². The molecule has 1 atom stereocenters. The molecule has 29 heavy (non-hydrogen) atoms. The molecular formula is C24H30N2O2S. The van der Waals surface area contributed by atoms with Gasteiger partial charge in [-0.1, -0.05) is 58.4 Å². The summed E-state index contributed by atoms with van der Waals surface area (Å²) in [5, 5.41) is 2.89. The first-order valence-electron chi connectivity index (χ1n) is 10.2. The molecule has 0 unspecified atom stereocenters. The molecule has 2 aromatic carbocycles. The summed E-state index contributed by atoms with van der Waals surface area (Å²) >= 11 is 1.64. The summed E-state index contributed by atoms with van der Waals surface area (Å²) in [6.07, 6.45) is 2.45. The minimum Gasteiger partial charge on any atom is -0.326 e. The molecule has 0 aromatic heterocycles. The van der Waals surface area contributed by atoms with Crippen LogP contribution in [0.25, 0.3) is 0 Å². The second-order valence-corrected chi connectivity index (χ2v) is 9.57. The maximum absolute atomic E-state index is 12.6. The van der Waals surface area contributed by atoms with Crippen LogP contribution in [0.15, 0.2) is 48.5 Å². The van der Waals surface area contributed by atoms with Crippen LogP contribution >= 0.6 is 11.8 Å². The predicted molar refractivity (Wildman–Crippen MR) is 122 cm³/mol. The first kappa shape index (κ1) is 21.4. The van der Waals surface area contributed by atoms with Crippen molar-refractivity contribution in [1.82, 2.24) is 0 Å². The number of unbranched alkanes of at least 4 members (excludes halogenated alkanes) is 1. The van der Waals surface area contributed by atoms with Crippen LogP contribution in [-0.4, -0.2) is 17.6 Å². The van der Waals surface area contributed by atoms with Gasteiger partial charge in [0.1, 0.15) is 5.37 Å². The van der Waals surface area contributed by atoms with Crippen molar-refractivity contribution in [2.24, 2.45) is 0 Å². The lowest BCUT2D eigenvalue weighted by molar-refractivity contribution is -0.116. The number of hydrogen-bond acceptors (Lipinski definition) is 3. The summed E-state index contributed by atoms with van der Waals surface area (Å²) in [4.78, 5) is 26.4. The second kappa shape index (κ2) is 9.04. The standard InChI is InChI=1S/C24H30N2O2S/c1-5-6-7-21(27)25-19-12-8-17(9-13-19)23-26(22(28)16-29-23)20-14-10-18(11-15-20)24(2,3)4/h8-15,23H,5-7,16H2,1-4H3,(H,25,27)/t23-/m0/s1. The van der Waals surface area contributed by atoms with Gasteiger partial charge in [-0.15, -0.1) is 11.8 Å². The monoisotopic (exact) mass is 410 g/mol. The summed E-state index contributed by atoms with van der Waals surface area (Å²) in [5.74, 6) is 0.646. The number of thioether (sulfide) groups is 1. The lowest BCUT2D eigenvalue weighted by atomic mass is 9.87. The Morgan fingerprint density at radius 2 is 1.76 bits per heavy atom. The van der Waals surface area contributed by atoms with Crippen molar-refractivity contribution in [3.8, 4) is 0 Å². The van der Waals surface area contributed by atoms with E-state index in [1.165, 1.54) is 5.56 Å². The second-order valence-electron chi connectivity index (χ2n) is 8.50. The minimum atomic E-state index is -0.0483. The SMILES string of the molecule is CCCCC(=O)Nc1ccc([C@@H]2SCC(=O)N2c2ccc(C(C)(C)C)cc2)cc1. The first-order valence-corrected chi connectivity index (χ1v) is 11.3. The zero-order valence-electron chi connectivity index (χ0n) is 17.7.